The molecule has 1 aliphatic carbocycles. The maximum absolute atomic E-state index is 14.2. The molecule has 9 nitrogen and oxygen atoms in total. The first-order valence-electron chi connectivity index (χ1n) is 14.0. The van der Waals surface area contributed by atoms with Crippen LogP contribution in [0.3, 0.4) is 0 Å². The van der Waals surface area contributed by atoms with Crippen molar-refractivity contribution >= 4 is 35.9 Å². The van der Waals surface area contributed by atoms with Crippen LogP contribution in [0.1, 0.15) is 71.3 Å². The van der Waals surface area contributed by atoms with Gasteiger partial charge in [0.05, 0.1) is 19.7 Å². The molecule has 12 heteroatoms. The van der Waals surface area contributed by atoms with E-state index in [0.717, 1.165) is 37.7 Å². The van der Waals surface area contributed by atoms with E-state index in [1.54, 1.807) is 24.3 Å². The Balaban J connectivity index is 0.00000840. The van der Waals surface area contributed by atoms with Crippen molar-refractivity contribution in [3.8, 4) is 5.75 Å². The Morgan fingerprint density at radius 3 is 2.10 bits per heavy atom. The van der Waals surface area contributed by atoms with Gasteiger partial charge >= 0.3 is 5.92 Å². The molecule has 0 bridgehead atoms. The highest BCUT2D eigenvalue weighted by Gasteiger charge is 2.43. The zero-order chi connectivity index (χ0) is 29.9. The van der Waals surface area contributed by atoms with E-state index in [-0.39, 0.29) is 49.4 Å². The second-order valence-corrected chi connectivity index (χ2v) is 11.1. The lowest BCUT2D eigenvalue weighted by Gasteiger charge is -2.29. The molecule has 0 aromatic heterocycles. The Kier molecular flexibility index (Phi) is 15.2. The van der Waals surface area contributed by atoms with Gasteiger partial charge in [0.1, 0.15) is 17.8 Å². The van der Waals surface area contributed by atoms with Crippen molar-refractivity contribution in [1.29, 1.82) is 0 Å². The quantitative estimate of drug-likeness (QED) is 0.243. The molecule has 3 atom stereocenters. The molecule has 41 heavy (non-hydrogen) atoms. The average molecular weight is 603 g/mol. The minimum atomic E-state index is -3.77. The van der Waals surface area contributed by atoms with Gasteiger partial charge in [0.25, 0.3) is 0 Å². The van der Waals surface area contributed by atoms with Crippen LogP contribution in [-0.4, -0.2) is 61.2 Å². The maximum atomic E-state index is 14.2. The van der Waals surface area contributed by atoms with Crippen molar-refractivity contribution in [3.05, 3.63) is 29.8 Å². The first-order chi connectivity index (χ1) is 18.9. The number of rotatable bonds is 15. The Morgan fingerprint density at radius 1 is 0.951 bits per heavy atom. The molecule has 232 valence electrons. The van der Waals surface area contributed by atoms with Crippen LogP contribution in [0.15, 0.2) is 24.3 Å². The number of ketones is 1. The first kappa shape index (κ1) is 36.2. The fourth-order valence-corrected chi connectivity index (χ4v) is 4.85. The number of hydrogen-bond acceptors (Lipinski definition) is 6. The summed E-state index contributed by atoms with van der Waals surface area (Å²) in [6.45, 7) is 4.00. The molecule has 5 N–H and O–H groups in total. The Hall–Kier alpha value is -2.79. The van der Waals surface area contributed by atoms with Gasteiger partial charge < -0.3 is 26.4 Å². The van der Waals surface area contributed by atoms with Crippen LogP contribution in [0.4, 0.5) is 8.78 Å². The van der Waals surface area contributed by atoms with Crippen LogP contribution in [0.5, 0.6) is 5.75 Å². The molecule has 3 amide bonds. The summed E-state index contributed by atoms with van der Waals surface area (Å²) < 4.78 is 33.6. The number of alkyl halides is 2. The summed E-state index contributed by atoms with van der Waals surface area (Å²) in [6.07, 6.45) is 4.98. The van der Waals surface area contributed by atoms with Crippen LogP contribution in [0.2, 0.25) is 0 Å². The van der Waals surface area contributed by atoms with E-state index in [9.17, 15) is 28.0 Å². The minimum absolute atomic E-state index is 0. The van der Waals surface area contributed by atoms with Gasteiger partial charge in [0.2, 0.25) is 23.5 Å². The number of amides is 3. The summed E-state index contributed by atoms with van der Waals surface area (Å²) in [6, 6.07) is 3.44. The molecule has 1 aromatic rings. The second-order valence-electron chi connectivity index (χ2n) is 11.1. The van der Waals surface area contributed by atoms with Crippen molar-refractivity contribution in [3.63, 3.8) is 0 Å². The molecule has 0 saturated heterocycles. The van der Waals surface area contributed by atoms with Gasteiger partial charge in [-0.3, -0.25) is 19.2 Å². The van der Waals surface area contributed by atoms with Gasteiger partial charge in [0, 0.05) is 12.8 Å². The average Bonchev–Trinajstić information content (AvgIpc) is 2.92. The molecule has 0 heterocycles. The van der Waals surface area contributed by atoms with Gasteiger partial charge in [0.15, 0.2) is 0 Å². The number of nitrogens with two attached hydrogens (primary N) is 1. The minimum Gasteiger partial charge on any atom is -0.497 e. The summed E-state index contributed by atoms with van der Waals surface area (Å²) >= 11 is 0. The highest BCUT2D eigenvalue weighted by atomic mass is 35.5. The van der Waals surface area contributed by atoms with Gasteiger partial charge in [-0.05, 0) is 42.9 Å². The molecular weight excluding hydrogens is 558 g/mol. The van der Waals surface area contributed by atoms with Gasteiger partial charge in [-0.15, -0.1) is 12.4 Å². The number of nitrogens with one attached hydrogen (secondary N) is 3. The largest absolute Gasteiger partial charge is 0.497 e. The third kappa shape index (κ3) is 11.9. The molecule has 1 fully saturated rings. The van der Waals surface area contributed by atoms with Crippen molar-refractivity contribution in [2.24, 2.45) is 17.6 Å². The predicted molar refractivity (Wildman–Crippen MR) is 155 cm³/mol. The molecule has 0 unspecified atom stereocenters. The molecule has 1 saturated carbocycles. The van der Waals surface area contributed by atoms with Gasteiger partial charge in [-0.25, -0.2) is 0 Å². The Morgan fingerprint density at radius 2 is 1.56 bits per heavy atom. The lowest BCUT2D eigenvalue weighted by Crippen LogP contribution is -2.57. The summed E-state index contributed by atoms with van der Waals surface area (Å²) in [5, 5.41) is 7.73. The van der Waals surface area contributed by atoms with Gasteiger partial charge in [-0.1, -0.05) is 58.1 Å². The molecular formula is C29H45ClF2N4O5. The monoisotopic (exact) mass is 602 g/mol. The fraction of sp³-hybridized carbons (Fsp3) is 0.655. The lowest BCUT2D eigenvalue weighted by molar-refractivity contribution is -0.146. The summed E-state index contributed by atoms with van der Waals surface area (Å²) in [5.41, 5.74) is 5.89. The molecule has 0 aliphatic heterocycles. The highest BCUT2D eigenvalue weighted by Crippen LogP contribution is 2.29. The van der Waals surface area contributed by atoms with E-state index in [4.69, 9.17) is 10.5 Å². The first-order valence-corrected chi connectivity index (χ1v) is 14.0. The third-order valence-electron chi connectivity index (χ3n) is 7.14. The second kappa shape index (κ2) is 17.2. The number of methoxy groups -OCH3 is 1. The lowest BCUT2D eigenvalue weighted by atomic mass is 9.83. The number of hydrogen-bond donors (Lipinski definition) is 4. The fourth-order valence-electron chi connectivity index (χ4n) is 4.85. The van der Waals surface area contributed by atoms with E-state index in [1.165, 1.54) is 14.0 Å². The van der Waals surface area contributed by atoms with Crippen molar-refractivity contribution in [2.45, 2.75) is 96.2 Å². The van der Waals surface area contributed by atoms with E-state index in [1.807, 2.05) is 13.8 Å². The van der Waals surface area contributed by atoms with E-state index in [2.05, 4.69) is 16.0 Å². The standard InChI is InChI=1S/C29H44F2N4O5.ClH/c1-18(2)14-25(36)34-24(16-21-10-12-22(40-4)13-11-21)28(39)33-19(3)27(38)35-23(26(37)29(30,31)17-32)15-20-8-6-5-7-9-20;/h10-13,18-20,23-24H,5-9,14-17,32H2,1-4H3,(H,33,39)(H,34,36)(H,35,38);1H/t19-,23+,24+;/m1./s1. The van der Waals surface area contributed by atoms with E-state index < -0.39 is 48.2 Å². The number of benzene rings is 1. The molecule has 1 aromatic carbocycles. The Bertz CT molecular complexity index is 1000. The third-order valence-corrected chi connectivity index (χ3v) is 7.14. The van der Waals surface area contributed by atoms with Crippen LogP contribution in [0.25, 0.3) is 0 Å². The number of carbonyl (C=O) groups is 4. The maximum Gasteiger partial charge on any atom is 0.319 e. The summed E-state index contributed by atoms with van der Waals surface area (Å²) in [4.78, 5) is 51.4. The molecule has 1 aliphatic rings. The van der Waals surface area contributed by atoms with Crippen molar-refractivity contribution in [2.75, 3.05) is 13.7 Å². The SMILES string of the molecule is COc1ccc(C[C@H](NC(=O)CC(C)C)C(=O)N[C@H](C)C(=O)N[C@@H](CC2CCCCC2)C(=O)C(F)(F)CN)cc1.Cl. The highest BCUT2D eigenvalue weighted by molar-refractivity contribution is 5.96. The van der Waals surface area contributed by atoms with Crippen LogP contribution in [-0.2, 0) is 25.6 Å². The summed E-state index contributed by atoms with van der Waals surface area (Å²) in [5.74, 6) is -6.16. The van der Waals surface area contributed by atoms with E-state index in [0.29, 0.717) is 5.75 Å². The van der Waals surface area contributed by atoms with Gasteiger partial charge in [-0.2, -0.15) is 8.78 Å². The predicted octanol–water partition coefficient (Wildman–Crippen LogP) is 3.31. The zero-order valence-corrected chi connectivity index (χ0v) is 25.2. The van der Waals surface area contributed by atoms with E-state index >= 15 is 0 Å². The molecule has 0 spiro atoms. The van der Waals surface area contributed by atoms with Crippen molar-refractivity contribution < 1.29 is 32.7 Å². The Labute approximate surface area is 247 Å². The summed E-state index contributed by atoms with van der Waals surface area (Å²) in [7, 11) is 1.54. The smallest absolute Gasteiger partial charge is 0.319 e. The number of Topliss-reactive ketones (excluding diaryl/α,β-unsaturated/α-hetero) is 1. The van der Waals surface area contributed by atoms with Crippen LogP contribution < -0.4 is 26.4 Å². The normalized spacial score (nSPS) is 16.1. The molecule has 0 radical (unpaired) electrons. The number of ether oxygens (including phenoxy) is 1. The zero-order valence-electron chi connectivity index (χ0n) is 24.3. The number of carbonyl (C=O) groups excluding carboxylic acids is 4. The van der Waals surface area contributed by atoms with Crippen LogP contribution in [0, 0.1) is 11.8 Å². The van der Waals surface area contributed by atoms with Crippen molar-refractivity contribution in [1.82, 2.24) is 16.0 Å². The number of halogens is 3. The van der Waals surface area contributed by atoms with Crippen LogP contribution >= 0.6 is 12.4 Å². The molecule has 2 rings (SSSR count). The topological polar surface area (TPSA) is 140 Å².